The smallest absolute Gasteiger partial charge is 0.192 e. The molecule has 100 valence electrons. The first kappa shape index (κ1) is 14.7. The summed E-state index contributed by atoms with van der Waals surface area (Å²) in [7, 11) is 3.31. The van der Waals surface area contributed by atoms with E-state index in [1.54, 1.807) is 32.4 Å². The van der Waals surface area contributed by atoms with Crippen LogP contribution in [-0.2, 0) is 0 Å². The maximum Gasteiger partial charge on any atom is 0.192 e. The van der Waals surface area contributed by atoms with Gasteiger partial charge in [-0.25, -0.2) is 0 Å². The zero-order valence-electron chi connectivity index (χ0n) is 11.4. The summed E-state index contributed by atoms with van der Waals surface area (Å²) in [5.74, 6) is 0.757. The van der Waals surface area contributed by atoms with Gasteiger partial charge in [-0.1, -0.05) is 13.8 Å². The Morgan fingerprint density at radius 1 is 1.44 bits per heavy atom. The summed E-state index contributed by atoms with van der Waals surface area (Å²) in [5, 5.41) is 12.5. The third kappa shape index (κ3) is 3.31. The third-order valence-electron chi connectivity index (χ3n) is 2.84. The lowest BCUT2D eigenvalue weighted by Crippen LogP contribution is -2.31. The molecule has 4 nitrogen and oxygen atoms in total. The van der Waals surface area contributed by atoms with Crippen LogP contribution >= 0.6 is 0 Å². The number of nitrogens with one attached hydrogen (secondary N) is 1. The summed E-state index contributed by atoms with van der Waals surface area (Å²) >= 11 is 0. The van der Waals surface area contributed by atoms with E-state index in [-0.39, 0.29) is 18.2 Å². The molecule has 1 aromatic carbocycles. The molecule has 1 aromatic rings. The molecule has 0 saturated heterocycles. The van der Waals surface area contributed by atoms with Crippen LogP contribution in [0.5, 0.6) is 5.75 Å². The lowest BCUT2D eigenvalue weighted by molar-refractivity contribution is 0.0750. The highest BCUT2D eigenvalue weighted by Crippen LogP contribution is 2.27. The summed E-state index contributed by atoms with van der Waals surface area (Å²) in [6.45, 7) is 4.33. The molecule has 0 aliphatic carbocycles. The van der Waals surface area contributed by atoms with Crippen molar-refractivity contribution in [1.82, 2.24) is 5.32 Å². The molecule has 0 aliphatic heterocycles. The molecule has 18 heavy (non-hydrogen) atoms. The monoisotopic (exact) mass is 251 g/mol. The summed E-state index contributed by atoms with van der Waals surface area (Å²) in [5.41, 5.74) is 1.49. The van der Waals surface area contributed by atoms with E-state index in [4.69, 9.17) is 4.74 Å². The molecule has 0 radical (unpaired) electrons. The van der Waals surface area contributed by atoms with Gasteiger partial charge in [0.15, 0.2) is 5.78 Å². The first-order valence-electron chi connectivity index (χ1n) is 6.06. The Labute approximate surface area is 108 Å². The number of Topliss-reactive ketones (excluding diaryl/α,β-unsaturated/α-hetero) is 1. The molecular weight excluding hydrogens is 230 g/mol. The van der Waals surface area contributed by atoms with Crippen molar-refractivity contribution in [3.05, 3.63) is 29.3 Å². The summed E-state index contributed by atoms with van der Waals surface area (Å²) in [4.78, 5) is 12.0. The molecule has 0 heterocycles. The average Bonchev–Trinajstić information content (AvgIpc) is 2.37. The van der Waals surface area contributed by atoms with Gasteiger partial charge in [0, 0.05) is 12.1 Å². The molecule has 1 atom stereocenters. The van der Waals surface area contributed by atoms with Crippen molar-refractivity contribution >= 4 is 5.78 Å². The molecule has 0 saturated carbocycles. The number of rotatable bonds is 6. The van der Waals surface area contributed by atoms with E-state index in [2.05, 4.69) is 5.32 Å². The maximum absolute atomic E-state index is 12.0. The fourth-order valence-corrected chi connectivity index (χ4v) is 1.82. The Morgan fingerprint density at radius 2 is 2.11 bits per heavy atom. The van der Waals surface area contributed by atoms with Crippen molar-refractivity contribution in [3.8, 4) is 5.75 Å². The van der Waals surface area contributed by atoms with Crippen molar-refractivity contribution in [3.63, 3.8) is 0 Å². The first-order chi connectivity index (χ1) is 8.51. The van der Waals surface area contributed by atoms with Gasteiger partial charge in [0.1, 0.15) is 11.9 Å². The number of methoxy groups -OCH3 is 1. The highest BCUT2D eigenvalue weighted by Gasteiger charge is 2.18. The zero-order valence-corrected chi connectivity index (χ0v) is 11.4. The molecule has 0 aliphatic rings. The van der Waals surface area contributed by atoms with Crippen molar-refractivity contribution in [2.24, 2.45) is 0 Å². The Hall–Kier alpha value is -1.39. The van der Waals surface area contributed by atoms with Crippen molar-refractivity contribution < 1.29 is 14.6 Å². The van der Waals surface area contributed by atoms with Crippen LogP contribution in [0, 0.1) is 0 Å². The van der Waals surface area contributed by atoms with E-state index in [1.807, 2.05) is 13.8 Å². The second-order valence-electron chi connectivity index (χ2n) is 4.55. The van der Waals surface area contributed by atoms with E-state index < -0.39 is 6.10 Å². The van der Waals surface area contributed by atoms with E-state index in [1.165, 1.54) is 0 Å². The van der Waals surface area contributed by atoms with Gasteiger partial charge >= 0.3 is 0 Å². The number of benzene rings is 1. The molecular formula is C14H21NO3. The van der Waals surface area contributed by atoms with Gasteiger partial charge in [0.05, 0.1) is 7.11 Å². The Balaban J connectivity index is 3.04. The van der Waals surface area contributed by atoms with Gasteiger partial charge in [-0.2, -0.15) is 0 Å². The molecule has 0 fully saturated rings. The van der Waals surface area contributed by atoms with E-state index in [0.29, 0.717) is 5.56 Å². The van der Waals surface area contributed by atoms with Crippen LogP contribution in [0.3, 0.4) is 0 Å². The quantitative estimate of drug-likeness (QED) is 0.754. The van der Waals surface area contributed by atoms with Gasteiger partial charge in [-0.15, -0.1) is 0 Å². The van der Waals surface area contributed by atoms with Gasteiger partial charge in [0.25, 0.3) is 0 Å². The summed E-state index contributed by atoms with van der Waals surface area (Å²) in [6.07, 6.45) is -1.01. The number of aliphatic hydroxyl groups excluding tert-OH is 1. The highest BCUT2D eigenvalue weighted by atomic mass is 16.5. The maximum atomic E-state index is 12.0. The summed E-state index contributed by atoms with van der Waals surface area (Å²) in [6, 6.07) is 5.26. The molecule has 4 heteroatoms. The Kier molecular flexibility index (Phi) is 5.31. The predicted octanol–water partition coefficient (Wildman–Crippen LogP) is 1.58. The topological polar surface area (TPSA) is 58.6 Å². The Bertz CT molecular complexity index is 416. The largest absolute Gasteiger partial charge is 0.496 e. The minimum absolute atomic E-state index is 0.252. The number of hydrogen-bond acceptors (Lipinski definition) is 4. The van der Waals surface area contributed by atoms with Crippen molar-refractivity contribution in [1.29, 1.82) is 0 Å². The minimum atomic E-state index is -1.01. The van der Waals surface area contributed by atoms with Crippen molar-refractivity contribution in [2.45, 2.75) is 25.9 Å². The molecule has 1 rings (SSSR count). The summed E-state index contributed by atoms with van der Waals surface area (Å²) < 4.78 is 5.26. The minimum Gasteiger partial charge on any atom is -0.496 e. The number of carbonyl (C=O) groups excluding carboxylic acids is 1. The van der Waals surface area contributed by atoms with E-state index in [9.17, 15) is 9.90 Å². The molecule has 0 aromatic heterocycles. The van der Waals surface area contributed by atoms with Crippen LogP contribution in [-0.4, -0.2) is 37.7 Å². The van der Waals surface area contributed by atoms with Crippen LogP contribution in [0.1, 0.15) is 35.7 Å². The van der Waals surface area contributed by atoms with Gasteiger partial charge < -0.3 is 15.2 Å². The van der Waals surface area contributed by atoms with Gasteiger partial charge in [-0.05, 0) is 36.7 Å². The average molecular weight is 251 g/mol. The van der Waals surface area contributed by atoms with Crippen LogP contribution in [0.25, 0.3) is 0 Å². The van der Waals surface area contributed by atoms with Gasteiger partial charge in [0.2, 0.25) is 0 Å². The van der Waals surface area contributed by atoms with Crippen LogP contribution in [0.15, 0.2) is 18.2 Å². The lowest BCUT2D eigenvalue weighted by Gasteiger charge is -2.14. The van der Waals surface area contributed by atoms with E-state index in [0.717, 1.165) is 11.3 Å². The first-order valence-corrected chi connectivity index (χ1v) is 6.06. The van der Waals surface area contributed by atoms with Crippen LogP contribution < -0.4 is 10.1 Å². The fraction of sp³-hybridized carbons (Fsp3) is 0.500. The van der Waals surface area contributed by atoms with E-state index >= 15 is 0 Å². The third-order valence-corrected chi connectivity index (χ3v) is 2.84. The normalized spacial score (nSPS) is 12.6. The Morgan fingerprint density at radius 3 is 2.61 bits per heavy atom. The number of ether oxygens (including phenoxy) is 1. The second-order valence-corrected chi connectivity index (χ2v) is 4.55. The number of hydrogen-bond donors (Lipinski definition) is 2. The number of aliphatic hydroxyl groups is 1. The second kappa shape index (κ2) is 6.52. The number of carbonyl (C=O) groups is 1. The highest BCUT2D eigenvalue weighted by molar-refractivity contribution is 5.99. The SMILES string of the molecule is CNCC(O)C(=O)c1ccc(OC)c(C(C)C)c1. The standard InChI is InChI=1S/C14H21NO3/c1-9(2)11-7-10(5-6-13(11)18-4)14(17)12(16)8-15-3/h5-7,9,12,15-16H,8H2,1-4H3. The van der Waals surface area contributed by atoms with Gasteiger partial charge in [-0.3, -0.25) is 4.79 Å². The lowest BCUT2D eigenvalue weighted by atomic mass is 9.96. The molecule has 1 unspecified atom stereocenters. The van der Waals surface area contributed by atoms with Crippen LogP contribution in [0.2, 0.25) is 0 Å². The molecule has 2 N–H and O–H groups in total. The molecule has 0 bridgehead atoms. The number of likely N-dealkylation sites (N-methyl/N-ethyl adjacent to an activating group) is 1. The molecule has 0 amide bonds. The zero-order chi connectivity index (χ0) is 13.7. The predicted molar refractivity (Wildman–Crippen MR) is 71.3 cm³/mol. The van der Waals surface area contributed by atoms with Crippen molar-refractivity contribution in [2.75, 3.05) is 20.7 Å². The van der Waals surface area contributed by atoms with Crippen LogP contribution in [0.4, 0.5) is 0 Å². The number of ketones is 1. The molecule has 0 spiro atoms. The fourth-order valence-electron chi connectivity index (χ4n) is 1.82.